The van der Waals surface area contributed by atoms with E-state index in [4.69, 9.17) is 18.9 Å². The van der Waals surface area contributed by atoms with Crippen LogP contribution in [0.25, 0.3) is 11.5 Å². The molecule has 5 nitrogen and oxygen atoms in total. The number of rotatable bonds is 6. The van der Waals surface area contributed by atoms with Crippen molar-refractivity contribution in [2.75, 3.05) is 20.8 Å². The van der Waals surface area contributed by atoms with Gasteiger partial charge in [0.1, 0.15) is 11.5 Å². The molecule has 1 atom stereocenters. The van der Waals surface area contributed by atoms with Gasteiger partial charge in [-0.25, -0.2) is 9.37 Å². The second-order valence-electron chi connectivity index (χ2n) is 7.63. The summed E-state index contributed by atoms with van der Waals surface area (Å²) in [6.07, 6.45) is 3.47. The minimum absolute atomic E-state index is 0.180. The fraction of sp³-hybridized carbons (Fsp3) is 0.375. The lowest BCUT2D eigenvalue weighted by molar-refractivity contribution is 0.138. The zero-order valence-corrected chi connectivity index (χ0v) is 17.7. The smallest absolute Gasteiger partial charge is 0.226 e. The van der Waals surface area contributed by atoms with E-state index in [1.165, 1.54) is 31.6 Å². The molecule has 1 aliphatic heterocycles. The average Bonchev–Trinajstić information content (AvgIpc) is 3.14. The number of aromatic nitrogens is 1. The highest BCUT2D eigenvalue weighted by Crippen LogP contribution is 2.35. The van der Waals surface area contributed by atoms with Crippen LogP contribution in [0.5, 0.6) is 11.5 Å². The van der Waals surface area contributed by atoms with Crippen LogP contribution in [-0.4, -0.2) is 30.6 Å². The first kappa shape index (κ1) is 20.4. The highest BCUT2D eigenvalue weighted by atomic mass is 19.1. The summed E-state index contributed by atoms with van der Waals surface area (Å²) in [4.78, 5) is 7.19. The lowest BCUT2D eigenvalue weighted by Crippen LogP contribution is -2.33. The van der Waals surface area contributed by atoms with Crippen molar-refractivity contribution in [2.24, 2.45) is 0 Å². The Hall–Kier alpha value is -2.86. The molecule has 30 heavy (non-hydrogen) atoms. The van der Waals surface area contributed by atoms with E-state index in [1.54, 1.807) is 19.2 Å². The number of aryl methyl sites for hydroxylation is 1. The monoisotopic (exact) mass is 410 g/mol. The highest BCUT2D eigenvalue weighted by molar-refractivity contribution is 5.56. The summed E-state index contributed by atoms with van der Waals surface area (Å²) in [5.74, 6) is 1.92. The number of piperidine rings is 1. The topological polar surface area (TPSA) is 47.7 Å². The van der Waals surface area contributed by atoms with Gasteiger partial charge in [0.2, 0.25) is 5.89 Å². The lowest BCUT2D eigenvalue weighted by Gasteiger charge is -2.35. The number of likely N-dealkylation sites (tertiary alicyclic amines) is 1. The molecule has 1 aromatic heterocycles. The fourth-order valence-electron chi connectivity index (χ4n) is 4.09. The molecule has 1 saturated heterocycles. The van der Waals surface area contributed by atoms with E-state index < -0.39 is 5.82 Å². The second kappa shape index (κ2) is 8.88. The van der Waals surface area contributed by atoms with Gasteiger partial charge in [-0.2, -0.15) is 0 Å². The quantitative estimate of drug-likeness (QED) is 0.534. The van der Waals surface area contributed by atoms with Crippen molar-refractivity contribution >= 4 is 0 Å². The molecule has 1 aliphatic rings. The number of oxazole rings is 1. The number of hydrogen-bond acceptors (Lipinski definition) is 5. The fourth-order valence-corrected chi connectivity index (χ4v) is 4.09. The summed E-state index contributed by atoms with van der Waals surface area (Å²) in [5, 5.41) is 0. The van der Waals surface area contributed by atoms with Crippen molar-refractivity contribution < 1.29 is 18.3 Å². The van der Waals surface area contributed by atoms with Crippen molar-refractivity contribution in [1.29, 1.82) is 0 Å². The summed E-state index contributed by atoms with van der Waals surface area (Å²) in [6.45, 7) is 3.64. The molecule has 6 heteroatoms. The van der Waals surface area contributed by atoms with Gasteiger partial charge in [-0.3, -0.25) is 4.90 Å². The van der Waals surface area contributed by atoms with E-state index in [9.17, 15) is 4.39 Å². The normalized spacial score (nSPS) is 17.1. The van der Waals surface area contributed by atoms with Crippen LogP contribution in [0.3, 0.4) is 0 Å². The molecule has 1 fully saturated rings. The van der Waals surface area contributed by atoms with Crippen LogP contribution < -0.4 is 9.47 Å². The van der Waals surface area contributed by atoms with Gasteiger partial charge in [0.05, 0.1) is 19.9 Å². The summed E-state index contributed by atoms with van der Waals surface area (Å²) >= 11 is 0. The van der Waals surface area contributed by atoms with Gasteiger partial charge in [0.25, 0.3) is 0 Å². The molecule has 0 amide bonds. The summed E-state index contributed by atoms with van der Waals surface area (Å²) in [6, 6.07) is 13.3. The molecule has 0 N–H and O–H groups in total. The van der Waals surface area contributed by atoms with Gasteiger partial charge < -0.3 is 13.9 Å². The zero-order chi connectivity index (χ0) is 21.1. The minimum Gasteiger partial charge on any atom is -0.497 e. The van der Waals surface area contributed by atoms with Crippen molar-refractivity contribution in [3.8, 4) is 23.0 Å². The predicted molar refractivity (Wildman–Crippen MR) is 113 cm³/mol. The van der Waals surface area contributed by atoms with Crippen molar-refractivity contribution in [1.82, 2.24) is 9.88 Å². The first-order valence-electron chi connectivity index (χ1n) is 10.3. The van der Waals surface area contributed by atoms with Gasteiger partial charge in [-0.15, -0.1) is 0 Å². The molecule has 3 aromatic rings. The van der Waals surface area contributed by atoms with E-state index in [2.05, 4.69) is 17.0 Å². The molecule has 0 bridgehead atoms. The maximum absolute atomic E-state index is 13.7. The molecule has 2 heterocycles. The molecular weight excluding hydrogens is 383 g/mol. The van der Waals surface area contributed by atoms with Gasteiger partial charge >= 0.3 is 0 Å². The number of ether oxygens (including phenoxy) is 2. The standard InChI is InChI=1S/C24H27FN2O3/c1-16-21(26-24(30-16)18-10-11-20(25)23(14-18)29-3)15-27-12-5-4-9-22(27)17-7-6-8-19(13-17)28-2/h6-8,10-11,13-14,22H,4-5,9,12,15H2,1-3H3/t22-/m0/s1. The lowest BCUT2D eigenvalue weighted by atomic mass is 9.95. The molecular formula is C24H27FN2O3. The maximum Gasteiger partial charge on any atom is 0.226 e. The first-order valence-corrected chi connectivity index (χ1v) is 10.3. The number of methoxy groups -OCH3 is 2. The minimum atomic E-state index is -0.404. The third kappa shape index (κ3) is 4.19. The molecule has 0 aliphatic carbocycles. The Morgan fingerprint density at radius 3 is 2.80 bits per heavy atom. The predicted octanol–water partition coefficient (Wildman–Crippen LogP) is 5.53. The van der Waals surface area contributed by atoms with Gasteiger partial charge in [-0.1, -0.05) is 18.6 Å². The van der Waals surface area contributed by atoms with E-state index in [0.29, 0.717) is 24.0 Å². The van der Waals surface area contributed by atoms with Crippen molar-refractivity contribution in [3.05, 3.63) is 65.3 Å². The summed E-state index contributed by atoms with van der Waals surface area (Å²) in [7, 11) is 3.14. The number of halogens is 1. The Balaban J connectivity index is 1.58. The van der Waals surface area contributed by atoms with E-state index in [1.807, 2.05) is 19.1 Å². The number of nitrogens with zero attached hydrogens (tertiary/aromatic N) is 2. The highest BCUT2D eigenvalue weighted by Gasteiger charge is 2.26. The van der Waals surface area contributed by atoms with Crippen LogP contribution in [-0.2, 0) is 6.54 Å². The SMILES string of the molecule is COc1cccc([C@@H]2CCCCN2Cc2nc(-c3ccc(F)c(OC)c3)oc2C)c1. The van der Waals surface area contributed by atoms with E-state index in [0.717, 1.165) is 30.2 Å². The van der Waals surface area contributed by atoms with Crippen molar-refractivity contribution in [2.45, 2.75) is 38.8 Å². The Bertz CT molecular complexity index is 1020. The third-order valence-electron chi connectivity index (χ3n) is 5.74. The Kier molecular flexibility index (Phi) is 6.04. The van der Waals surface area contributed by atoms with Gasteiger partial charge in [-0.05, 0) is 62.2 Å². The van der Waals surface area contributed by atoms with Crippen LogP contribution >= 0.6 is 0 Å². The molecule has 0 radical (unpaired) electrons. The van der Waals surface area contributed by atoms with Crippen LogP contribution in [0.15, 0.2) is 46.9 Å². The van der Waals surface area contributed by atoms with Crippen LogP contribution in [0.1, 0.15) is 42.3 Å². The second-order valence-corrected chi connectivity index (χ2v) is 7.63. The van der Waals surface area contributed by atoms with Crippen LogP contribution in [0.4, 0.5) is 4.39 Å². The largest absolute Gasteiger partial charge is 0.497 e. The molecule has 0 saturated carbocycles. The van der Waals surface area contributed by atoms with Gasteiger partial charge in [0.15, 0.2) is 11.6 Å². The van der Waals surface area contributed by atoms with Crippen LogP contribution in [0, 0.1) is 12.7 Å². The van der Waals surface area contributed by atoms with Gasteiger partial charge in [0, 0.05) is 18.2 Å². The summed E-state index contributed by atoms with van der Waals surface area (Å²) in [5.41, 5.74) is 2.87. The number of benzene rings is 2. The molecule has 4 rings (SSSR count). The zero-order valence-electron chi connectivity index (χ0n) is 17.7. The Morgan fingerprint density at radius 1 is 1.13 bits per heavy atom. The Morgan fingerprint density at radius 2 is 2.00 bits per heavy atom. The first-order chi connectivity index (χ1) is 14.6. The summed E-state index contributed by atoms with van der Waals surface area (Å²) < 4.78 is 30.2. The maximum atomic E-state index is 13.7. The van der Waals surface area contributed by atoms with Crippen LogP contribution in [0.2, 0.25) is 0 Å². The van der Waals surface area contributed by atoms with Crippen molar-refractivity contribution in [3.63, 3.8) is 0 Å². The Labute approximate surface area is 176 Å². The molecule has 0 spiro atoms. The van der Waals surface area contributed by atoms with E-state index in [-0.39, 0.29) is 5.75 Å². The third-order valence-corrected chi connectivity index (χ3v) is 5.74. The average molecular weight is 410 g/mol. The number of hydrogen-bond donors (Lipinski definition) is 0. The van der Waals surface area contributed by atoms with E-state index >= 15 is 0 Å². The molecule has 2 aromatic carbocycles. The molecule has 158 valence electrons. The molecule has 0 unspecified atom stereocenters.